The summed E-state index contributed by atoms with van der Waals surface area (Å²) < 4.78 is 7.29. The Kier molecular flexibility index (Phi) is 4.65. The van der Waals surface area contributed by atoms with Crippen molar-refractivity contribution in [2.24, 2.45) is 0 Å². The Morgan fingerprint density at radius 2 is 2.07 bits per heavy atom. The minimum atomic E-state index is -0.256. The number of nitrogens with one attached hydrogen (secondary N) is 1. The fraction of sp³-hybridized carbons (Fsp3) is 0.190. The van der Waals surface area contributed by atoms with Gasteiger partial charge < -0.3 is 9.73 Å². The van der Waals surface area contributed by atoms with Crippen molar-refractivity contribution in [3.8, 4) is 11.5 Å². The molecule has 3 aromatic heterocycles. The normalized spacial score (nSPS) is 11.3. The number of fused-ring (bicyclic) bond motifs is 1. The van der Waals surface area contributed by atoms with Gasteiger partial charge in [0.05, 0.1) is 23.4 Å². The first-order valence-electron chi connectivity index (χ1n) is 8.94. The zero-order valence-corrected chi connectivity index (χ0v) is 16.5. The summed E-state index contributed by atoms with van der Waals surface area (Å²) in [6.45, 7) is 5.90. The lowest BCUT2D eigenvalue weighted by molar-refractivity contribution is 0.102. The van der Waals surface area contributed by atoms with E-state index in [0.717, 1.165) is 5.56 Å². The molecule has 0 radical (unpaired) electrons. The second-order valence-corrected chi connectivity index (χ2v) is 7.23. The van der Waals surface area contributed by atoms with E-state index >= 15 is 0 Å². The highest BCUT2D eigenvalue weighted by atomic mass is 35.5. The van der Waals surface area contributed by atoms with E-state index in [1.165, 1.54) is 0 Å². The van der Waals surface area contributed by atoms with Gasteiger partial charge in [0.25, 0.3) is 5.91 Å². The molecule has 142 valence electrons. The van der Waals surface area contributed by atoms with Crippen LogP contribution in [0.25, 0.3) is 22.5 Å². The molecule has 7 heteroatoms. The van der Waals surface area contributed by atoms with E-state index in [4.69, 9.17) is 16.0 Å². The van der Waals surface area contributed by atoms with E-state index in [-0.39, 0.29) is 11.9 Å². The Bertz CT molecular complexity index is 1160. The summed E-state index contributed by atoms with van der Waals surface area (Å²) in [5.74, 6) is 0.334. The predicted molar refractivity (Wildman–Crippen MR) is 110 cm³/mol. The monoisotopic (exact) mass is 394 g/mol. The topological polar surface area (TPSA) is 73.0 Å². The van der Waals surface area contributed by atoms with Crippen LogP contribution in [-0.2, 0) is 0 Å². The van der Waals surface area contributed by atoms with Crippen molar-refractivity contribution < 1.29 is 9.21 Å². The smallest absolute Gasteiger partial charge is 0.256 e. The lowest BCUT2D eigenvalue weighted by Gasteiger charge is -2.12. The summed E-state index contributed by atoms with van der Waals surface area (Å²) in [7, 11) is 0. The molecular formula is C21H19ClN4O2. The first kappa shape index (κ1) is 18.3. The zero-order chi connectivity index (χ0) is 19.8. The molecule has 0 saturated heterocycles. The maximum absolute atomic E-state index is 13.1. The maximum Gasteiger partial charge on any atom is 0.256 e. The van der Waals surface area contributed by atoms with Crippen LogP contribution in [0.2, 0.25) is 5.02 Å². The summed E-state index contributed by atoms with van der Waals surface area (Å²) >= 11 is 6.18. The van der Waals surface area contributed by atoms with Crippen molar-refractivity contribution >= 4 is 34.2 Å². The standard InChI is InChI=1S/C21H19ClN4O2/c1-12(2)26-20-15(11-23-26)14(10-18(24-20)19-8-5-9-28-19)21(27)25-17-7-4-6-16(22)13(17)3/h4-12H,1-3H3,(H,25,27). The Labute approximate surface area is 167 Å². The molecular weight excluding hydrogens is 376 g/mol. The van der Waals surface area contributed by atoms with Gasteiger partial charge in [-0.05, 0) is 56.7 Å². The Balaban J connectivity index is 1.85. The molecule has 0 aliphatic carbocycles. The lowest BCUT2D eigenvalue weighted by Crippen LogP contribution is -2.14. The van der Waals surface area contributed by atoms with Gasteiger partial charge in [-0.2, -0.15) is 5.10 Å². The first-order chi connectivity index (χ1) is 13.5. The molecule has 0 spiro atoms. The lowest BCUT2D eigenvalue weighted by atomic mass is 10.1. The molecule has 0 aliphatic rings. The molecule has 0 aliphatic heterocycles. The van der Waals surface area contributed by atoms with Crippen LogP contribution in [0, 0.1) is 6.92 Å². The van der Waals surface area contributed by atoms with Crippen molar-refractivity contribution in [2.75, 3.05) is 5.32 Å². The Morgan fingerprint density at radius 1 is 1.25 bits per heavy atom. The summed E-state index contributed by atoms with van der Waals surface area (Å²) in [6.07, 6.45) is 3.25. The molecule has 4 aromatic rings. The van der Waals surface area contributed by atoms with Crippen LogP contribution < -0.4 is 5.32 Å². The molecule has 1 aromatic carbocycles. The van der Waals surface area contributed by atoms with E-state index in [0.29, 0.717) is 38.8 Å². The van der Waals surface area contributed by atoms with Gasteiger partial charge in [-0.15, -0.1) is 0 Å². The van der Waals surface area contributed by atoms with E-state index < -0.39 is 0 Å². The number of carbonyl (C=O) groups excluding carboxylic acids is 1. The van der Waals surface area contributed by atoms with Gasteiger partial charge in [-0.3, -0.25) is 4.79 Å². The van der Waals surface area contributed by atoms with Crippen molar-refractivity contribution in [3.63, 3.8) is 0 Å². The number of hydrogen-bond donors (Lipinski definition) is 1. The summed E-state index contributed by atoms with van der Waals surface area (Å²) in [5.41, 5.74) is 3.16. The Morgan fingerprint density at radius 3 is 2.79 bits per heavy atom. The number of carbonyl (C=O) groups is 1. The maximum atomic E-state index is 13.1. The third kappa shape index (κ3) is 3.16. The van der Waals surface area contributed by atoms with Crippen LogP contribution in [-0.4, -0.2) is 20.7 Å². The Hall–Kier alpha value is -3.12. The van der Waals surface area contributed by atoms with E-state index in [1.807, 2.05) is 32.9 Å². The zero-order valence-electron chi connectivity index (χ0n) is 15.7. The molecule has 0 unspecified atom stereocenters. The van der Waals surface area contributed by atoms with E-state index in [9.17, 15) is 4.79 Å². The van der Waals surface area contributed by atoms with Crippen molar-refractivity contribution in [1.82, 2.24) is 14.8 Å². The number of anilines is 1. The number of pyridine rings is 1. The molecule has 1 amide bonds. The molecule has 3 heterocycles. The average molecular weight is 395 g/mol. The number of hydrogen-bond acceptors (Lipinski definition) is 4. The molecule has 0 saturated carbocycles. The predicted octanol–water partition coefficient (Wildman–Crippen LogP) is 5.49. The highest BCUT2D eigenvalue weighted by Gasteiger charge is 2.20. The average Bonchev–Trinajstić information content (AvgIpc) is 3.34. The molecule has 4 rings (SSSR count). The molecule has 0 bridgehead atoms. The van der Waals surface area contributed by atoms with Crippen LogP contribution in [0.5, 0.6) is 0 Å². The summed E-state index contributed by atoms with van der Waals surface area (Å²) in [6, 6.07) is 10.8. The van der Waals surface area contributed by atoms with Crippen LogP contribution >= 0.6 is 11.6 Å². The SMILES string of the molecule is Cc1c(Cl)cccc1NC(=O)c1cc(-c2ccco2)nc2c1cnn2C(C)C. The van der Waals surface area contributed by atoms with Crippen LogP contribution in [0.4, 0.5) is 5.69 Å². The number of aromatic nitrogens is 3. The fourth-order valence-corrected chi connectivity index (χ4v) is 3.24. The number of amides is 1. The summed E-state index contributed by atoms with van der Waals surface area (Å²) in [4.78, 5) is 17.8. The number of halogens is 1. The number of furan rings is 1. The van der Waals surface area contributed by atoms with Crippen LogP contribution in [0.15, 0.2) is 53.3 Å². The third-order valence-electron chi connectivity index (χ3n) is 4.59. The van der Waals surface area contributed by atoms with Gasteiger partial charge in [0.1, 0.15) is 5.69 Å². The second-order valence-electron chi connectivity index (χ2n) is 6.82. The second kappa shape index (κ2) is 7.13. The molecule has 6 nitrogen and oxygen atoms in total. The quantitative estimate of drug-likeness (QED) is 0.497. The minimum Gasteiger partial charge on any atom is -0.463 e. The van der Waals surface area contributed by atoms with Gasteiger partial charge in [-0.1, -0.05) is 17.7 Å². The summed E-state index contributed by atoms with van der Waals surface area (Å²) in [5, 5.41) is 8.65. The number of rotatable bonds is 4. The minimum absolute atomic E-state index is 0.0999. The van der Waals surface area contributed by atoms with Gasteiger partial charge in [0.15, 0.2) is 11.4 Å². The fourth-order valence-electron chi connectivity index (χ4n) is 3.07. The van der Waals surface area contributed by atoms with Crippen molar-refractivity contribution in [1.29, 1.82) is 0 Å². The first-order valence-corrected chi connectivity index (χ1v) is 9.32. The molecule has 28 heavy (non-hydrogen) atoms. The molecule has 0 atom stereocenters. The molecule has 0 fully saturated rings. The van der Waals surface area contributed by atoms with E-state index in [2.05, 4.69) is 15.4 Å². The van der Waals surface area contributed by atoms with Gasteiger partial charge in [0.2, 0.25) is 0 Å². The van der Waals surface area contributed by atoms with Crippen molar-refractivity contribution in [2.45, 2.75) is 26.8 Å². The van der Waals surface area contributed by atoms with Crippen molar-refractivity contribution in [3.05, 3.63) is 65.0 Å². The van der Waals surface area contributed by atoms with Gasteiger partial charge in [-0.25, -0.2) is 9.67 Å². The number of benzene rings is 1. The highest BCUT2D eigenvalue weighted by molar-refractivity contribution is 6.31. The van der Waals surface area contributed by atoms with Gasteiger partial charge >= 0.3 is 0 Å². The van der Waals surface area contributed by atoms with Gasteiger partial charge in [0, 0.05) is 16.8 Å². The molecule has 1 N–H and O–H groups in total. The van der Waals surface area contributed by atoms with E-state index in [1.54, 1.807) is 41.4 Å². The number of nitrogens with zero attached hydrogens (tertiary/aromatic N) is 3. The van der Waals surface area contributed by atoms with Crippen LogP contribution in [0.3, 0.4) is 0 Å². The largest absolute Gasteiger partial charge is 0.463 e. The highest BCUT2D eigenvalue weighted by Crippen LogP contribution is 2.28. The third-order valence-corrected chi connectivity index (χ3v) is 5.00. The van der Waals surface area contributed by atoms with Crippen LogP contribution in [0.1, 0.15) is 35.8 Å².